The van der Waals surface area contributed by atoms with Crippen LogP contribution >= 0.6 is 0 Å². The number of hydrogen-bond donors (Lipinski definition) is 2. The summed E-state index contributed by atoms with van der Waals surface area (Å²) in [5, 5.41) is 11.8. The maximum atomic E-state index is 11.8. The van der Waals surface area contributed by atoms with Gasteiger partial charge in [0.25, 0.3) is 0 Å². The summed E-state index contributed by atoms with van der Waals surface area (Å²) in [6.45, 7) is 5.21. The first-order valence-corrected chi connectivity index (χ1v) is 7.60. The van der Waals surface area contributed by atoms with Crippen molar-refractivity contribution in [2.45, 2.75) is 58.1 Å². The molecular formula is C17H23NO4. The molecule has 1 aliphatic carbocycles. The zero-order valence-corrected chi connectivity index (χ0v) is 13.3. The van der Waals surface area contributed by atoms with E-state index in [9.17, 15) is 14.7 Å². The van der Waals surface area contributed by atoms with Crippen LogP contribution in [0.4, 0.5) is 4.79 Å². The number of aryl methyl sites for hydroxylation is 2. The van der Waals surface area contributed by atoms with Crippen molar-refractivity contribution < 1.29 is 19.4 Å². The SMILES string of the molecule is CC(C)(C)OC(=O)NC(C(=O)O)c1ccc2c(c1)CCCC2. The maximum absolute atomic E-state index is 11.8. The molecule has 120 valence electrons. The molecule has 1 unspecified atom stereocenters. The average Bonchev–Trinajstić information content (AvgIpc) is 2.42. The topological polar surface area (TPSA) is 75.6 Å². The van der Waals surface area contributed by atoms with Crippen molar-refractivity contribution in [2.75, 3.05) is 0 Å². The van der Waals surface area contributed by atoms with E-state index in [1.807, 2.05) is 12.1 Å². The summed E-state index contributed by atoms with van der Waals surface area (Å²) < 4.78 is 5.14. The number of aliphatic carboxylic acids is 1. The standard InChI is InChI=1S/C17H23NO4/c1-17(2,3)22-16(21)18-14(15(19)20)13-9-8-11-6-4-5-7-12(11)10-13/h8-10,14H,4-7H2,1-3H3,(H,18,21)(H,19,20). The van der Waals surface area contributed by atoms with Gasteiger partial charge in [0.2, 0.25) is 0 Å². The third kappa shape index (κ3) is 4.23. The second-order valence-electron chi connectivity index (χ2n) is 6.65. The van der Waals surface area contributed by atoms with Gasteiger partial charge < -0.3 is 15.2 Å². The number of carbonyl (C=O) groups excluding carboxylic acids is 1. The smallest absolute Gasteiger partial charge is 0.408 e. The van der Waals surface area contributed by atoms with Crippen LogP contribution in [0.25, 0.3) is 0 Å². The predicted molar refractivity (Wildman–Crippen MR) is 82.8 cm³/mol. The van der Waals surface area contributed by atoms with E-state index >= 15 is 0 Å². The van der Waals surface area contributed by atoms with Crippen LogP contribution in [0.3, 0.4) is 0 Å². The zero-order valence-electron chi connectivity index (χ0n) is 13.3. The first-order valence-electron chi connectivity index (χ1n) is 7.60. The van der Waals surface area contributed by atoms with Gasteiger partial charge in [-0.05, 0) is 63.1 Å². The highest BCUT2D eigenvalue weighted by atomic mass is 16.6. The number of rotatable bonds is 3. The fourth-order valence-electron chi connectivity index (χ4n) is 2.65. The Balaban J connectivity index is 2.18. The molecule has 5 nitrogen and oxygen atoms in total. The molecule has 1 amide bonds. The number of carboxylic acids is 1. The molecule has 0 saturated carbocycles. The number of carboxylic acid groups (broad SMARTS) is 1. The summed E-state index contributed by atoms with van der Waals surface area (Å²) in [4.78, 5) is 23.3. The second kappa shape index (κ2) is 6.38. The van der Waals surface area contributed by atoms with Crippen molar-refractivity contribution >= 4 is 12.1 Å². The Morgan fingerprint density at radius 2 is 1.82 bits per heavy atom. The minimum Gasteiger partial charge on any atom is -0.479 e. The van der Waals surface area contributed by atoms with E-state index in [0.29, 0.717) is 5.56 Å². The van der Waals surface area contributed by atoms with Crippen molar-refractivity contribution in [1.29, 1.82) is 0 Å². The van der Waals surface area contributed by atoms with E-state index < -0.39 is 23.7 Å². The summed E-state index contributed by atoms with van der Waals surface area (Å²) in [6.07, 6.45) is 3.56. The number of hydrogen-bond acceptors (Lipinski definition) is 3. The predicted octanol–water partition coefficient (Wildman–Crippen LogP) is 3.22. The van der Waals surface area contributed by atoms with E-state index in [2.05, 4.69) is 5.32 Å². The van der Waals surface area contributed by atoms with E-state index in [-0.39, 0.29) is 0 Å². The van der Waals surface area contributed by atoms with Crippen molar-refractivity contribution in [1.82, 2.24) is 5.32 Å². The molecule has 0 aliphatic heterocycles. The van der Waals surface area contributed by atoms with E-state index in [1.165, 1.54) is 17.5 Å². The minimum absolute atomic E-state index is 0.582. The fourth-order valence-corrected chi connectivity index (χ4v) is 2.65. The lowest BCUT2D eigenvalue weighted by molar-refractivity contribution is -0.139. The van der Waals surface area contributed by atoms with Crippen LogP contribution in [0.1, 0.15) is 56.3 Å². The van der Waals surface area contributed by atoms with Crippen molar-refractivity contribution in [3.05, 3.63) is 34.9 Å². The lowest BCUT2D eigenvalue weighted by Crippen LogP contribution is -2.38. The quantitative estimate of drug-likeness (QED) is 0.899. The largest absolute Gasteiger partial charge is 0.479 e. The van der Waals surface area contributed by atoms with Crippen molar-refractivity contribution in [3.63, 3.8) is 0 Å². The van der Waals surface area contributed by atoms with E-state index in [0.717, 1.165) is 19.3 Å². The molecule has 1 aromatic carbocycles. The molecule has 0 fully saturated rings. The molecule has 5 heteroatoms. The van der Waals surface area contributed by atoms with Crippen LogP contribution in [-0.2, 0) is 22.4 Å². The van der Waals surface area contributed by atoms with Gasteiger partial charge in [-0.25, -0.2) is 9.59 Å². The van der Waals surface area contributed by atoms with Crippen LogP contribution in [-0.4, -0.2) is 22.8 Å². The third-order valence-corrected chi connectivity index (χ3v) is 3.61. The molecule has 1 aliphatic rings. The maximum Gasteiger partial charge on any atom is 0.408 e. The molecule has 0 heterocycles. The molecule has 2 N–H and O–H groups in total. The molecule has 22 heavy (non-hydrogen) atoms. The van der Waals surface area contributed by atoms with Crippen LogP contribution in [0.5, 0.6) is 0 Å². The highest BCUT2D eigenvalue weighted by Crippen LogP contribution is 2.25. The van der Waals surface area contributed by atoms with Gasteiger partial charge in [-0.1, -0.05) is 18.2 Å². The first kappa shape index (κ1) is 16.3. The van der Waals surface area contributed by atoms with Crippen LogP contribution < -0.4 is 5.32 Å². The van der Waals surface area contributed by atoms with Crippen molar-refractivity contribution in [2.24, 2.45) is 0 Å². The normalized spacial score (nSPS) is 15.6. The number of amides is 1. The fraction of sp³-hybridized carbons (Fsp3) is 0.529. The summed E-state index contributed by atoms with van der Waals surface area (Å²) in [7, 11) is 0. The van der Waals surface area contributed by atoms with E-state index in [4.69, 9.17) is 4.74 Å². The van der Waals surface area contributed by atoms with E-state index in [1.54, 1.807) is 26.8 Å². The molecule has 1 aromatic rings. The molecule has 0 saturated heterocycles. The summed E-state index contributed by atoms with van der Waals surface area (Å²) >= 11 is 0. The highest BCUT2D eigenvalue weighted by molar-refractivity contribution is 5.81. The van der Waals surface area contributed by atoms with Gasteiger partial charge in [0.1, 0.15) is 5.60 Å². The van der Waals surface area contributed by atoms with Gasteiger partial charge >= 0.3 is 12.1 Å². The summed E-state index contributed by atoms with van der Waals surface area (Å²) in [6, 6.07) is 4.55. The van der Waals surface area contributed by atoms with Gasteiger partial charge in [-0.15, -0.1) is 0 Å². The summed E-state index contributed by atoms with van der Waals surface area (Å²) in [5.41, 5.74) is 2.37. The van der Waals surface area contributed by atoms with Gasteiger partial charge in [0.15, 0.2) is 6.04 Å². The molecule has 2 rings (SSSR count). The first-order chi connectivity index (χ1) is 10.3. The number of ether oxygens (including phenoxy) is 1. The van der Waals surface area contributed by atoms with Crippen molar-refractivity contribution in [3.8, 4) is 0 Å². The molecule has 0 radical (unpaired) electrons. The summed E-state index contributed by atoms with van der Waals surface area (Å²) in [5.74, 6) is -1.10. The lowest BCUT2D eigenvalue weighted by Gasteiger charge is -2.23. The molecule has 0 aromatic heterocycles. The Labute approximate surface area is 130 Å². The van der Waals surface area contributed by atoms with Crippen LogP contribution in [0.15, 0.2) is 18.2 Å². The van der Waals surface area contributed by atoms with Crippen LogP contribution in [0, 0.1) is 0 Å². The Hall–Kier alpha value is -2.04. The Bertz CT molecular complexity index is 575. The molecule has 0 bridgehead atoms. The van der Waals surface area contributed by atoms with Gasteiger partial charge in [0, 0.05) is 0 Å². The van der Waals surface area contributed by atoms with Gasteiger partial charge in [-0.2, -0.15) is 0 Å². The minimum atomic E-state index is -1.10. The van der Waals surface area contributed by atoms with Crippen LogP contribution in [0.2, 0.25) is 0 Å². The number of fused-ring (bicyclic) bond motifs is 1. The monoisotopic (exact) mass is 305 g/mol. The number of carbonyl (C=O) groups is 2. The molecule has 1 atom stereocenters. The average molecular weight is 305 g/mol. The highest BCUT2D eigenvalue weighted by Gasteiger charge is 2.26. The lowest BCUT2D eigenvalue weighted by atomic mass is 9.89. The Morgan fingerprint density at radius 3 is 2.41 bits per heavy atom. The third-order valence-electron chi connectivity index (χ3n) is 3.61. The van der Waals surface area contributed by atoms with Gasteiger partial charge in [-0.3, -0.25) is 0 Å². The zero-order chi connectivity index (χ0) is 16.3. The number of alkyl carbamates (subject to hydrolysis) is 1. The molecule has 0 spiro atoms. The Kier molecular flexibility index (Phi) is 4.74. The second-order valence-corrected chi connectivity index (χ2v) is 6.65. The Morgan fingerprint density at radius 1 is 1.18 bits per heavy atom. The number of benzene rings is 1. The molecular weight excluding hydrogens is 282 g/mol. The van der Waals surface area contributed by atoms with Gasteiger partial charge in [0.05, 0.1) is 0 Å². The number of nitrogens with one attached hydrogen (secondary N) is 1.